The van der Waals surface area contributed by atoms with Crippen molar-refractivity contribution >= 4 is 5.91 Å². The van der Waals surface area contributed by atoms with E-state index in [9.17, 15) is 4.79 Å². The monoisotopic (exact) mass is 286 g/mol. The molecule has 0 aromatic carbocycles. The summed E-state index contributed by atoms with van der Waals surface area (Å²) in [4.78, 5) is 20.4. The first-order chi connectivity index (χ1) is 10.2. The summed E-state index contributed by atoms with van der Waals surface area (Å²) in [5.41, 5.74) is 0.999. The minimum Gasteiger partial charge on any atom is -0.368 e. The second kappa shape index (κ2) is 6.05. The molecule has 0 radical (unpaired) electrons. The Morgan fingerprint density at radius 2 is 2.38 bits per heavy atom. The predicted molar refractivity (Wildman–Crippen MR) is 76.9 cm³/mol. The first kappa shape index (κ1) is 13.8. The SMILES string of the molecule is Cc1nccn1-c1cc(CNC(=O)[C@@H]2CCCO2)ccn1. The van der Waals surface area contributed by atoms with E-state index >= 15 is 0 Å². The van der Waals surface area contributed by atoms with Gasteiger partial charge in [0.25, 0.3) is 0 Å². The molecule has 6 nitrogen and oxygen atoms in total. The summed E-state index contributed by atoms with van der Waals surface area (Å²) in [5.74, 6) is 1.64. The summed E-state index contributed by atoms with van der Waals surface area (Å²) in [6, 6.07) is 3.84. The van der Waals surface area contributed by atoms with Crippen molar-refractivity contribution in [2.75, 3.05) is 6.61 Å². The molecule has 0 saturated carbocycles. The predicted octanol–water partition coefficient (Wildman–Crippen LogP) is 1.37. The number of ether oxygens (including phenoxy) is 1. The number of nitrogens with zero attached hydrogens (tertiary/aromatic N) is 3. The van der Waals surface area contributed by atoms with E-state index < -0.39 is 0 Å². The van der Waals surface area contributed by atoms with E-state index in [1.807, 2.05) is 29.8 Å². The highest BCUT2D eigenvalue weighted by atomic mass is 16.5. The van der Waals surface area contributed by atoms with E-state index in [2.05, 4.69) is 15.3 Å². The third-order valence-electron chi connectivity index (χ3n) is 3.57. The number of carbonyl (C=O) groups is 1. The van der Waals surface area contributed by atoms with E-state index in [0.717, 1.165) is 30.0 Å². The quantitative estimate of drug-likeness (QED) is 0.921. The second-order valence-corrected chi connectivity index (χ2v) is 5.09. The van der Waals surface area contributed by atoms with Gasteiger partial charge < -0.3 is 10.1 Å². The van der Waals surface area contributed by atoms with E-state index in [4.69, 9.17) is 4.74 Å². The third kappa shape index (κ3) is 3.11. The lowest BCUT2D eigenvalue weighted by Crippen LogP contribution is -2.33. The van der Waals surface area contributed by atoms with E-state index in [-0.39, 0.29) is 12.0 Å². The number of carbonyl (C=O) groups excluding carboxylic acids is 1. The standard InChI is InChI=1S/C15H18N4O2/c1-11-16-6-7-19(11)14-9-12(4-5-17-14)10-18-15(20)13-3-2-8-21-13/h4-7,9,13H,2-3,8,10H2,1H3,(H,18,20)/t13-/m0/s1. The smallest absolute Gasteiger partial charge is 0.249 e. The number of aromatic nitrogens is 3. The number of imidazole rings is 1. The number of nitrogens with one attached hydrogen (secondary N) is 1. The minimum absolute atomic E-state index is 0.0373. The number of rotatable bonds is 4. The van der Waals surface area contributed by atoms with E-state index in [0.29, 0.717) is 13.2 Å². The van der Waals surface area contributed by atoms with Gasteiger partial charge in [-0.15, -0.1) is 0 Å². The van der Waals surface area contributed by atoms with Crippen LogP contribution in [-0.2, 0) is 16.1 Å². The minimum atomic E-state index is -0.290. The molecule has 2 aromatic rings. The first-order valence-electron chi connectivity index (χ1n) is 7.08. The van der Waals surface area contributed by atoms with Gasteiger partial charge in [0.2, 0.25) is 5.91 Å². The van der Waals surface area contributed by atoms with Crippen LogP contribution in [0.3, 0.4) is 0 Å². The van der Waals surface area contributed by atoms with Crippen molar-refractivity contribution in [3.8, 4) is 5.82 Å². The van der Waals surface area contributed by atoms with Gasteiger partial charge in [-0.3, -0.25) is 9.36 Å². The van der Waals surface area contributed by atoms with Crippen molar-refractivity contribution in [1.82, 2.24) is 19.9 Å². The zero-order chi connectivity index (χ0) is 14.7. The molecule has 1 fully saturated rings. The largest absolute Gasteiger partial charge is 0.368 e. The highest BCUT2D eigenvalue weighted by molar-refractivity contribution is 5.80. The molecule has 0 spiro atoms. The molecule has 0 aliphatic carbocycles. The first-order valence-corrected chi connectivity index (χ1v) is 7.08. The molecule has 1 aliphatic rings. The normalized spacial score (nSPS) is 17.9. The highest BCUT2D eigenvalue weighted by Gasteiger charge is 2.22. The van der Waals surface area contributed by atoms with Crippen LogP contribution < -0.4 is 5.32 Å². The van der Waals surface area contributed by atoms with Crippen LogP contribution in [0.25, 0.3) is 5.82 Å². The lowest BCUT2D eigenvalue weighted by atomic mass is 10.2. The highest BCUT2D eigenvalue weighted by Crippen LogP contribution is 2.13. The zero-order valence-corrected chi connectivity index (χ0v) is 12.0. The average molecular weight is 286 g/mol. The molecular formula is C15H18N4O2. The second-order valence-electron chi connectivity index (χ2n) is 5.09. The molecule has 1 saturated heterocycles. The van der Waals surface area contributed by atoms with Crippen molar-refractivity contribution in [3.63, 3.8) is 0 Å². The molecule has 0 bridgehead atoms. The Balaban J connectivity index is 1.66. The Morgan fingerprint density at radius 3 is 3.10 bits per heavy atom. The van der Waals surface area contributed by atoms with E-state index in [1.165, 1.54) is 0 Å². The van der Waals surface area contributed by atoms with E-state index in [1.54, 1.807) is 12.4 Å². The molecule has 3 rings (SSSR count). The average Bonchev–Trinajstić information content (AvgIpc) is 3.16. The fourth-order valence-corrected chi connectivity index (χ4v) is 2.41. The van der Waals surface area contributed by atoms with Crippen molar-refractivity contribution in [3.05, 3.63) is 42.1 Å². The Hall–Kier alpha value is -2.21. The molecule has 1 aliphatic heterocycles. The van der Waals surface area contributed by atoms with Gasteiger partial charge in [0.15, 0.2) is 0 Å². The summed E-state index contributed by atoms with van der Waals surface area (Å²) in [7, 11) is 0. The summed E-state index contributed by atoms with van der Waals surface area (Å²) in [5, 5.41) is 2.91. The Kier molecular flexibility index (Phi) is 3.96. The van der Waals surface area contributed by atoms with Gasteiger partial charge in [-0.25, -0.2) is 9.97 Å². The molecule has 2 aromatic heterocycles. The topological polar surface area (TPSA) is 69.0 Å². The van der Waals surface area contributed by atoms with Gasteiger partial charge in [0.1, 0.15) is 17.7 Å². The van der Waals surface area contributed by atoms with Gasteiger partial charge in [-0.2, -0.15) is 0 Å². The molecule has 1 N–H and O–H groups in total. The van der Waals surface area contributed by atoms with Crippen LogP contribution in [-0.4, -0.2) is 33.2 Å². The van der Waals surface area contributed by atoms with Gasteiger partial charge in [-0.05, 0) is 37.5 Å². The number of pyridine rings is 1. The lowest BCUT2D eigenvalue weighted by molar-refractivity contribution is -0.130. The van der Waals surface area contributed by atoms with Crippen molar-refractivity contribution < 1.29 is 9.53 Å². The fraction of sp³-hybridized carbons (Fsp3) is 0.400. The number of aryl methyl sites for hydroxylation is 1. The number of amides is 1. The van der Waals surface area contributed by atoms with Crippen LogP contribution in [0.15, 0.2) is 30.7 Å². The molecule has 6 heteroatoms. The molecule has 1 atom stereocenters. The summed E-state index contributed by atoms with van der Waals surface area (Å²) in [6.45, 7) is 3.08. The van der Waals surface area contributed by atoms with Crippen LogP contribution in [0.2, 0.25) is 0 Å². The summed E-state index contributed by atoms with van der Waals surface area (Å²) >= 11 is 0. The van der Waals surface area contributed by atoms with Crippen LogP contribution in [0.4, 0.5) is 0 Å². The zero-order valence-electron chi connectivity index (χ0n) is 12.0. The van der Waals surface area contributed by atoms with Gasteiger partial charge >= 0.3 is 0 Å². The Morgan fingerprint density at radius 1 is 1.48 bits per heavy atom. The van der Waals surface area contributed by atoms with Crippen LogP contribution in [0.1, 0.15) is 24.2 Å². The van der Waals surface area contributed by atoms with Crippen LogP contribution >= 0.6 is 0 Å². The Labute approximate surface area is 123 Å². The fourth-order valence-electron chi connectivity index (χ4n) is 2.41. The molecule has 110 valence electrons. The Bertz CT molecular complexity index is 632. The molecule has 0 unspecified atom stereocenters. The molecule has 21 heavy (non-hydrogen) atoms. The van der Waals surface area contributed by atoms with Crippen LogP contribution in [0.5, 0.6) is 0 Å². The molecular weight excluding hydrogens is 268 g/mol. The molecule has 1 amide bonds. The van der Waals surface area contributed by atoms with Gasteiger partial charge in [-0.1, -0.05) is 0 Å². The maximum atomic E-state index is 11.9. The molecule has 3 heterocycles. The van der Waals surface area contributed by atoms with Crippen molar-refractivity contribution in [2.45, 2.75) is 32.4 Å². The van der Waals surface area contributed by atoms with Crippen molar-refractivity contribution in [1.29, 1.82) is 0 Å². The lowest BCUT2D eigenvalue weighted by Gasteiger charge is -2.11. The number of hydrogen-bond donors (Lipinski definition) is 1. The maximum absolute atomic E-state index is 11.9. The van der Waals surface area contributed by atoms with Crippen molar-refractivity contribution in [2.24, 2.45) is 0 Å². The number of hydrogen-bond acceptors (Lipinski definition) is 4. The third-order valence-corrected chi connectivity index (χ3v) is 3.57. The summed E-state index contributed by atoms with van der Waals surface area (Å²) < 4.78 is 7.27. The maximum Gasteiger partial charge on any atom is 0.249 e. The summed E-state index contributed by atoms with van der Waals surface area (Å²) in [6.07, 6.45) is 6.82. The van der Waals surface area contributed by atoms with Crippen LogP contribution in [0, 0.1) is 6.92 Å². The van der Waals surface area contributed by atoms with Gasteiger partial charge in [0, 0.05) is 31.7 Å². The van der Waals surface area contributed by atoms with Gasteiger partial charge in [0.05, 0.1) is 0 Å².